The van der Waals surface area contributed by atoms with Gasteiger partial charge in [-0.3, -0.25) is 0 Å². The van der Waals surface area contributed by atoms with Crippen molar-refractivity contribution < 1.29 is 14.6 Å². The zero-order chi connectivity index (χ0) is 12.3. The molecule has 5 nitrogen and oxygen atoms in total. The molecule has 0 amide bonds. The summed E-state index contributed by atoms with van der Waals surface area (Å²) in [5.74, 6) is 0. The van der Waals surface area contributed by atoms with E-state index in [1.54, 1.807) is 0 Å². The maximum atomic E-state index is 8.10. The summed E-state index contributed by atoms with van der Waals surface area (Å²) in [6.45, 7) is 3.94. The molecule has 2 aromatic rings. The van der Waals surface area contributed by atoms with E-state index >= 15 is 0 Å². The molecule has 0 bridgehead atoms. The van der Waals surface area contributed by atoms with Crippen LogP contribution >= 0.6 is 12.0 Å². The average Bonchev–Trinajstić information content (AvgIpc) is 2.66. The first kappa shape index (κ1) is 12.1. The molecular formula is C11H12N2O3S. The lowest BCUT2D eigenvalue weighted by atomic mass is 10.3. The van der Waals surface area contributed by atoms with E-state index in [0.29, 0.717) is 0 Å². The summed E-state index contributed by atoms with van der Waals surface area (Å²) in [7, 11) is 0. The van der Waals surface area contributed by atoms with Gasteiger partial charge in [0.25, 0.3) is 0 Å². The van der Waals surface area contributed by atoms with Gasteiger partial charge in [-0.15, -0.1) is 4.33 Å². The third-order valence-electron chi connectivity index (χ3n) is 2.23. The van der Waals surface area contributed by atoms with E-state index in [0.717, 1.165) is 34.0 Å². The van der Waals surface area contributed by atoms with Gasteiger partial charge in [0.05, 0.1) is 23.4 Å². The van der Waals surface area contributed by atoms with Crippen molar-refractivity contribution in [3.8, 4) is 5.69 Å². The van der Waals surface area contributed by atoms with Crippen molar-refractivity contribution in [3.05, 3.63) is 41.7 Å². The van der Waals surface area contributed by atoms with E-state index in [9.17, 15) is 0 Å². The molecule has 0 aliphatic rings. The lowest BCUT2D eigenvalue weighted by Gasteiger charge is -2.05. The molecule has 2 rings (SSSR count). The van der Waals surface area contributed by atoms with Gasteiger partial charge in [0.2, 0.25) is 0 Å². The molecule has 1 heterocycles. The number of aryl methyl sites for hydroxylation is 2. The highest BCUT2D eigenvalue weighted by molar-refractivity contribution is 7.94. The van der Waals surface area contributed by atoms with Crippen LogP contribution in [-0.4, -0.2) is 15.0 Å². The summed E-state index contributed by atoms with van der Waals surface area (Å²) in [5.41, 5.74) is 2.96. The molecular weight excluding hydrogens is 240 g/mol. The van der Waals surface area contributed by atoms with Crippen LogP contribution in [0.4, 0.5) is 0 Å². The van der Waals surface area contributed by atoms with Crippen molar-refractivity contribution in [1.82, 2.24) is 9.78 Å². The number of hydrogen-bond acceptors (Lipinski definition) is 5. The number of hydrogen-bond donors (Lipinski definition) is 1. The van der Waals surface area contributed by atoms with Gasteiger partial charge >= 0.3 is 0 Å². The minimum absolute atomic E-state index is 0.809. The Hall–Kier alpha value is -1.34. The van der Waals surface area contributed by atoms with Crippen molar-refractivity contribution in [1.29, 1.82) is 0 Å². The second-order valence-electron chi connectivity index (χ2n) is 3.56. The fraction of sp³-hybridized carbons (Fsp3) is 0.182. The molecule has 0 spiro atoms. The summed E-state index contributed by atoms with van der Waals surface area (Å²) in [5, 5.41) is 16.0. The van der Waals surface area contributed by atoms with Gasteiger partial charge in [-0.2, -0.15) is 5.10 Å². The van der Waals surface area contributed by atoms with Crippen LogP contribution < -0.4 is 0 Å². The first-order valence-electron chi connectivity index (χ1n) is 4.99. The largest absolute Gasteiger partial charge is 0.238 e. The zero-order valence-electron chi connectivity index (χ0n) is 9.45. The van der Waals surface area contributed by atoms with Crippen LogP contribution in [0.25, 0.3) is 5.69 Å². The molecule has 0 radical (unpaired) electrons. The SMILES string of the molecule is Cc1cc(C)n(-c2cccc(SOOO)c2)n1. The lowest BCUT2D eigenvalue weighted by Crippen LogP contribution is -1.98. The summed E-state index contributed by atoms with van der Waals surface area (Å²) in [6, 6.07) is 9.58. The van der Waals surface area contributed by atoms with Crippen LogP contribution in [0.2, 0.25) is 0 Å². The van der Waals surface area contributed by atoms with Crippen LogP contribution in [-0.2, 0) is 9.37 Å². The molecule has 0 saturated carbocycles. The van der Waals surface area contributed by atoms with Crippen molar-refractivity contribution in [3.63, 3.8) is 0 Å². The van der Waals surface area contributed by atoms with Crippen molar-refractivity contribution in [2.24, 2.45) is 0 Å². The molecule has 1 N–H and O–H groups in total. The van der Waals surface area contributed by atoms with Gasteiger partial charge in [-0.05, 0) is 38.1 Å². The number of rotatable bonds is 4. The Bertz CT molecular complexity index is 513. The molecule has 1 aromatic carbocycles. The van der Waals surface area contributed by atoms with Crippen LogP contribution in [0, 0.1) is 13.8 Å². The normalized spacial score (nSPS) is 10.8. The van der Waals surface area contributed by atoms with Crippen LogP contribution in [0.15, 0.2) is 35.2 Å². The molecule has 17 heavy (non-hydrogen) atoms. The van der Waals surface area contributed by atoms with Crippen LogP contribution in [0.1, 0.15) is 11.4 Å². The maximum Gasteiger partial charge on any atom is 0.0715 e. The van der Waals surface area contributed by atoms with E-state index in [2.05, 4.69) is 14.5 Å². The topological polar surface area (TPSA) is 56.5 Å². The Labute approximate surface area is 103 Å². The fourth-order valence-electron chi connectivity index (χ4n) is 1.61. The third kappa shape index (κ3) is 2.86. The summed E-state index contributed by atoms with van der Waals surface area (Å²) in [4.78, 5) is 0.809. The minimum Gasteiger partial charge on any atom is -0.238 e. The smallest absolute Gasteiger partial charge is 0.0715 e. The Morgan fingerprint density at radius 1 is 1.29 bits per heavy atom. The number of aromatic nitrogens is 2. The molecule has 0 aliphatic carbocycles. The van der Waals surface area contributed by atoms with Crippen LogP contribution in [0.5, 0.6) is 0 Å². The fourth-order valence-corrected chi connectivity index (χ4v) is 2.02. The van der Waals surface area contributed by atoms with E-state index in [1.807, 2.05) is 48.9 Å². The van der Waals surface area contributed by atoms with E-state index < -0.39 is 0 Å². The monoisotopic (exact) mass is 252 g/mol. The lowest BCUT2D eigenvalue weighted by molar-refractivity contribution is -0.432. The highest BCUT2D eigenvalue weighted by Gasteiger charge is 2.05. The van der Waals surface area contributed by atoms with Crippen molar-refractivity contribution >= 4 is 12.0 Å². The van der Waals surface area contributed by atoms with Gasteiger partial charge < -0.3 is 0 Å². The van der Waals surface area contributed by atoms with Gasteiger partial charge in [0, 0.05) is 10.6 Å². The Morgan fingerprint density at radius 2 is 2.12 bits per heavy atom. The highest BCUT2D eigenvalue weighted by Crippen LogP contribution is 2.22. The first-order chi connectivity index (χ1) is 8.20. The van der Waals surface area contributed by atoms with Gasteiger partial charge in [-0.1, -0.05) is 11.1 Å². The first-order valence-corrected chi connectivity index (χ1v) is 5.73. The second kappa shape index (κ2) is 5.33. The van der Waals surface area contributed by atoms with Gasteiger partial charge in [0.1, 0.15) is 0 Å². The van der Waals surface area contributed by atoms with Gasteiger partial charge in [0.15, 0.2) is 0 Å². The molecule has 0 saturated heterocycles. The standard InChI is InChI=1S/C11H12N2O3S/c1-8-6-9(2)13(12-8)10-4-3-5-11(7-10)17-16-15-14/h3-7,14H,1-2H3. The van der Waals surface area contributed by atoms with Crippen molar-refractivity contribution in [2.45, 2.75) is 18.7 Å². The molecule has 0 atom stereocenters. The van der Waals surface area contributed by atoms with Crippen molar-refractivity contribution in [2.75, 3.05) is 0 Å². The predicted molar refractivity (Wildman–Crippen MR) is 63.7 cm³/mol. The maximum absolute atomic E-state index is 8.10. The molecule has 0 aliphatic heterocycles. The summed E-state index contributed by atoms with van der Waals surface area (Å²) >= 11 is 0.929. The Morgan fingerprint density at radius 3 is 2.76 bits per heavy atom. The quantitative estimate of drug-likeness (QED) is 0.515. The third-order valence-corrected chi connectivity index (χ3v) is 2.81. The Kier molecular flexibility index (Phi) is 3.80. The number of nitrogens with zero attached hydrogens (tertiary/aromatic N) is 2. The predicted octanol–water partition coefficient (Wildman–Crippen LogP) is 2.92. The number of benzene rings is 1. The van der Waals surface area contributed by atoms with E-state index in [4.69, 9.17) is 5.26 Å². The van der Waals surface area contributed by atoms with E-state index in [-0.39, 0.29) is 0 Å². The highest BCUT2D eigenvalue weighted by atomic mass is 32.2. The second-order valence-corrected chi connectivity index (χ2v) is 4.34. The minimum atomic E-state index is 0.809. The average molecular weight is 252 g/mol. The summed E-state index contributed by atoms with van der Waals surface area (Å²) < 4.78 is 6.23. The van der Waals surface area contributed by atoms with Gasteiger partial charge in [-0.25, -0.2) is 9.94 Å². The molecule has 6 heteroatoms. The Balaban J connectivity index is 2.29. The summed E-state index contributed by atoms with van der Waals surface area (Å²) in [6.07, 6.45) is 0. The zero-order valence-corrected chi connectivity index (χ0v) is 10.3. The molecule has 90 valence electrons. The molecule has 0 fully saturated rings. The molecule has 0 unspecified atom stereocenters. The van der Waals surface area contributed by atoms with Crippen LogP contribution in [0.3, 0.4) is 0 Å². The molecule has 1 aromatic heterocycles. The van der Waals surface area contributed by atoms with E-state index in [1.165, 1.54) is 0 Å².